The molecule has 2 aromatic carbocycles. The van der Waals surface area contributed by atoms with Gasteiger partial charge in [0.1, 0.15) is 5.75 Å². The summed E-state index contributed by atoms with van der Waals surface area (Å²) in [5.41, 5.74) is 2.75. The highest BCUT2D eigenvalue weighted by atomic mass is 32.2. The van der Waals surface area contributed by atoms with Crippen LogP contribution in [0.15, 0.2) is 48.5 Å². The Morgan fingerprint density at radius 2 is 1.68 bits per heavy atom. The molecule has 2 aliphatic rings. The van der Waals surface area contributed by atoms with Gasteiger partial charge in [-0.1, -0.05) is 18.2 Å². The van der Waals surface area contributed by atoms with Crippen molar-refractivity contribution in [1.29, 1.82) is 0 Å². The third-order valence-electron chi connectivity index (χ3n) is 4.93. The number of anilines is 1. The fraction of sp³-hybridized carbons (Fsp3) is 0.200. The maximum atomic E-state index is 12.5. The van der Waals surface area contributed by atoms with Crippen molar-refractivity contribution < 1.29 is 22.7 Å². The first kappa shape index (κ1) is 18.2. The minimum absolute atomic E-state index is 0.0654. The molecule has 0 saturated carbocycles. The average Bonchev–Trinajstić information content (AvgIpc) is 3.16. The summed E-state index contributed by atoms with van der Waals surface area (Å²) in [5, 5.41) is 0. The van der Waals surface area contributed by atoms with E-state index in [4.69, 9.17) is 4.74 Å². The molecule has 0 saturated heterocycles. The second-order valence-corrected chi connectivity index (χ2v) is 8.56. The number of carbonyl (C=O) groups excluding carboxylic acids is 2. The van der Waals surface area contributed by atoms with Gasteiger partial charge in [-0.3, -0.25) is 18.8 Å². The van der Waals surface area contributed by atoms with Crippen LogP contribution in [0, 0.1) is 0 Å². The summed E-state index contributed by atoms with van der Waals surface area (Å²) in [4.78, 5) is 26.2. The summed E-state index contributed by atoms with van der Waals surface area (Å²) in [6.07, 6.45) is 2.87. The monoisotopic (exact) mass is 398 g/mol. The van der Waals surface area contributed by atoms with E-state index >= 15 is 0 Å². The Bertz CT molecular complexity index is 1100. The van der Waals surface area contributed by atoms with Gasteiger partial charge in [0.05, 0.1) is 36.7 Å². The summed E-state index contributed by atoms with van der Waals surface area (Å²) in [5.74, 6) is -0.0942. The molecular weight excluding hydrogens is 380 g/mol. The highest BCUT2D eigenvalue weighted by Gasteiger charge is 2.35. The standard InChI is InChI=1S/C20H18N2O5S/c1-27-14-7-8-18-17(11-14)13(12-22(18)28(2,25)26)9-10-21-19(23)15-5-3-4-6-16(15)20(21)24/h3-9,11H,10,12H2,1-2H3/b13-9+. The smallest absolute Gasteiger partial charge is 0.261 e. The van der Waals surface area contributed by atoms with Gasteiger partial charge in [0, 0.05) is 12.1 Å². The highest BCUT2D eigenvalue weighted by molar-refractivity contribution is 7.92. The Balaban J connectivity index is 1.68. The van der Waals surface area contributed by atoms with E-state index in [0.717, 1.165) is 11.8 Å². The number of imide groups is 1. The second-order valence-electron chi connectivity index (χ2n) is 6.65. The Morgan fingerprint density at radius 3 is 2.25 bits per heavy atom. The van der Waals surface area contributed by atoms with Crippen LogP contribution in [0.3, 0.4) is 0 Å². The van der Waals surface area contributed by atoms with Crippen molar-refractivity contribution >= 4 is 33.1 Å². The predicted molar refractivity (Wildman–Crippen MR) is 105 cm³/mol. The number of sulfonamides is 1. The number of nitrogens with zero attached hydrogens (tertiary/aromatic N) is 2. The Kier molecular flexibility index (Phi) is 4.23. The SMILES string of the molecule is COc1ccc2c(c1)/C(=C/CN1C(=O)c3ccccc3C1=O)CN2S(C)(=O)=O. The molecule has 0 bridgehead atoms. The number of fused-ring (bicyclic) bond motifs is 2. The molecule has 0 spiro atoms. The van der Waals surface area contributed by atoms with Crippen LogP contribution in [-0.4, -0.2) is 51.6 Å². The van der Waals surface area contributed by atoms with E-state index in [1.807, 2.05) is 0 Å². The minimum Gasteiger partial charge on any atom is -0.497 e. The zero-order valence-corrected chi connectivity index (χ0v) is 16.2. The molecule has 7 nitrogen and oxygen atoms in total. The van der Waals surface area contributed by atoms with Crippen LogP contribution in [0.25, 0.3) is 5.57 Å². The van der Waals surface area contributed by atoms with Gasteiger partial charge in [-0.25, -0.2) is 8.42 Å². The van der Waals surface area contributed by atoms with E-state index in [9.17, 15) is 18.0 Å². The molecule has 0 aliphatic carbocycles. The number of amides is 2. The first-order valence-electron chi connectivity index (χ1n) is 8.61. The normalized spacial score (nSPS) is 17.3. The molecule has 2 aliphatic heterocycles. The first-order chi connectivity index (χ1) is 13.3. The summed E-state index contributed by atoms with van der Waals surface area (Å²) < 4.78 is 30.9. The summed E-state index contributed by atoms with van der Waals surface area (Å²) in [6, 6.07) is 11.8. The average molecular weight is 398 g/mol. The van der Waals surface area contributed by atoms with Gasteiger partial charge in [-0.2, -0.15) is 0 Å². The molecule has 0 N–H and O–H groups in total. The largest absolute Gasteiger partial charge is 0.497 e. The van der Waals surface area contributed by atoms with E-state index in [-0.39, 0.29) is 24.9 Å². The Hall–Kier alpha value is -3.13. The van der Waals surface area contributed by atoms with Crippen LogP contribution in [-0.2, 0) is 10.0 Å². The van der Waals surface area contributed by atoms with Gasteiger partial charge < -0.3 is 4.74 Å². The molecule has 2 amide bonds. The van der Waals surface area contributed by atoms with Crippen molar-refractivity contribution in [1.82, 2.24) is 4.90 Å². The van der Waals surface area contributed by atoms with Crippen molar-refractivity contribution in [2.45, 2.75) is 0 Å². The van der Waals surface area contributed by atoms with Gasteiger partial charge in [0.2, 0.25) is 10.0 Å². The second kappa shape index (κ2) is 6.49. The minimum atomic E-state index is -3.47. The Morgan fingerprint density at radius 1 is 1.04 bits per heavy atom. The Labute approximate surface area is 162 Å². The molecule has 0 atom stereocenters. The zero-order chi connectivity index (χ0) is 20.1. The van der Waals surface area contributed by atoms with Crippen molar-refractivity contribution in [2.75, 3.05) is 30.8 Å². The third-order valence-corrected chi connectivity index (χ3v) is 6.06. The predicted octanol–water partition coefficient (Wildman–Crippen LogP) is 2.15. The molecule has 2 aromatic rings. The maximum Gasteiger partial charge on any atom is 0.261 e. The first-order valence-corrected chi connectivity index (χ1v) is 10.5. The lowest BCUT2D eigenvalue weighted by atomic mass is 10.1. The third kappa shape index (κ3) is 2.86. The molecule has 2 heterocycles. The maximum absolute atomic E-state index is 12.5. The van der Waals surface area contributed by atoms with E-state index in [1.165, 1.54) is 16.3 Å². The van der Waals surface area contributed by atoms with Gasteiger partial charge in [0.25, 0.3) is 11.8 Å². The van der Waals surface area contributed by atoms with Gasteiger partial charge in [-0.05, 0) is 35.9 Å². The molecule has 4 rings (SSSR count). The van der Waals surface area contributed by atoms with Crippen LogP contribution < -0.4 is 9.04 Å². The van der Waals surface area contributed by atoms with Crippen molar-refractivity contribution in [3.8, 4) is 5.75 Å². The number of rotatable bonds is 4. The van der Waals surface area contributed by atoms with Gasteiger partial charge in [-0.15, -0.1) is 0 Å². The molecule has 144 valence electrons. The summed E-state index contributed by atoms with van der Waals surface area (Å²) >= 11 is 0. The molecule has 0 radical (unpaired) electrons. The number of hydrogen-bond donors (Lipinski definition) is 0. The fourth-order valence-electron chi connectivity index (χ4n) is 3.52. The number of ether oxygens (including phenoxy) is 1. The number of benzene rings is 2. The van der Waals surface area contributed by atoms with Crippen molar-refractivity contribution in [2.24, 2.45) is 0 Å². The fourth-order valence-corrected chi connectivity index (χ4v) is 4.41. The number of hydrogen-bond acceptors (Lipinski definition) is 5. The summed E-state index contributed by atoms with van der Waals surface area (Å²) in [6.45, 7) is 0.209. The molecule has 28 heavy (non-hydrogen) atoms. The molecule has 8 heteroatoms. The number of carbonyl (C=O) groups is 2. The quantitative estimate of drug-likeness (QED) is 0.737. The van der Waals surface area contributed by atoms with E-state index in [0.29, 0.717) is 28.1 Å². The number of methoxy groups -OCH3 is 1. The molecule has 0 aromatic heterocycles. The molecular formula is C20H18N2O5S. The van der Waals surface area contributed by atoms with E-state index in [1.54, 1.807) is 48.5 Å². The van der Waals surface area contributed by atoms with Crippen molar-refractivity contribution in [3.05, 3.63) is 65.2 Å². The van der Waals surface area contributed by atoms with Gasteiger partial charge in [0.15, 0.2) is 0 Å². The topological polar surface area (TPSA) is 84.0 Å². The zero-order valence-electron chi connectivity index (χ0n) is 15.4. The lowest BCUT2D eigenvalue weighted by Crippen LogP contribution is -2.30. The van der Waals surface area contributed by atoms with Gasteiger partial charge >= 0.3 is 0 Å². The van der Waals surface area contributed by atoms with Crippen LogP contribution in [0.5, 0.6) is 5.75 Å². The summed E-state index contributed by atoms with van der Waals surface area (Å²) in [7, 11) is -1.93. The molecule has 0 unspecified atom stereocenters. The highest BCUT2D eigenvalue weighted by Crippen LogP contribution is 2.39. The lowest BCUT2D eigenvalue weighted by Gasteiger charge is -2.16. The van der Waals surface area contributed by atoms with Crippen molar-refractivity contribution in [3.63, 3.8) is 0 Å². The van der Waals surface area contributed by atoms with Crippen LogP contribution >= 0.6 is 0 Å². The van der Waals surface area contributed by atoms with Crippen LogP contribution in [0.2, 0.25) is 0 Å². The lowest BCUT2D eigenvalue weighted by molar-refractivity contribution is 0.0672. The van der Waals surface area contributed by atoms with E-state index < -0.39 is 10.0 Å². The van der Waals surface area contributed by atoms with Crippen LogP contribution in [0.1, 0.15) is 26.3 Å². The van der Waals surface area contributed by atoms with Crippen LogP contribution in [0.4, 0.5) is 5.69 Å². The van der Waals surface area contributed by atoms with E-state index in [2.05, 4.69) is 0 Å². The molecule has 0 fully saturated rings.